The highest BCUT2D eigenvalue weighted by Crippen LogP contribution is 2.42. The number of carbonyl (C=O) groups is 1. The van der Waals surface area contributed by atoms with E-state index in [1.165, 1.54) is 18.3 Å². The number of thioether (sulfide) groups is 1. The molecule has 0 spiro atoms. The summed E-state index contributed by atoms with van der Waals surface area (Å²) in [7, 11) is -3.55. The van der Waals surface area contributed by atoms with E-state index in [0.717, 1.165) is 21.8 Å². The van der Waals surface area contributed by atoms with Crippen molar-refractivity contribution in [3.8, 4) is 0 Å². The van der Waals surface area contributed by atoms with Crippen molar-refractivity contribution in [2.24, 2.45) is 0 Å². The van der Waals surface area contributed by atoms with E-state index in [1.54, 1.807) is 28.2 Å². The summed E-state index contributed by atoms with van der Waals surface area (Å²) >= 11 is 2.86. The second-order valence-corrected chi connectivity index (χ2v) is 10.4. The third kappa shape index (κ3) is 4.08. The SMILES string of the molecule is CC(=O)NCc1ccc(S(=O)(=O)N2CCSC2c2ccc(C)cc2)s1. The quantitative estimate of drug-likeness (QED) is 0.843. The van der Waals surface area contributed by atoms with Gasteiger partial charge in [-0.05, 0) is 24.6 Å². The van der Waals surface area contributed by atoms with Crippen molar-refractivity contribution in [2.45, 2.75) is 30.0 Å². The van der Waals surface area contributed by atoms with Crippen molar-refractivity contribution < 1.29 is 13.2 Å². The Balaban J connectivity index is 1.83. The molecule has 0 saturated carbocycles. The molecule has 3 rings (SSSR count). The first kappa shape index (κ1) is 18.4. The highest BCUT2D eigenvalue weighted by atomic mass is 32.2. The maximum Gasteiger partial charge on any atom is 0.253 e. The number of nitrogens with zero attached hydrogens (tertiary/aromatic N) is 1. The normalized spacial score (nSPS) is 18.4. The molecule has 2 aromatic rings. The lowest BCUT2D eigenvalue weighted by Gasteiger charge is -2.23. The molecule has 25 heavy (non-hydrogen) atoms. The summed E-state index contributed by atoms with van der Waals surface area (Å²) in [5.41, 5.74) is 2.16. The third-order valence-corrected chi connectivity index (χ3v) is 8.73. The van der Waals surface area contributed by atoms with Gasteiger partial charge in [-0.1, -0.05) is 29.8 Å². The fourth-order valence-electron chi connectivity index (χ4n) is 2.61. The van der Waals surface area contributed by atoms with Crippen LogP contribution in [0.3, 0.4) is 0 Å². The standard InChI is InChI=1S/C17H20N2O3S3/c1-12-3-5-14(6-4-12)17-19(9-10-23-17)25(21,22)16-8-7-15(24-16)11-18-13(2)20/h3-8,17H,9-11H2,1-2H3,(H,18,20). The van der Waals surface area contributed by atoms with Crippen LogP contribution in [0.1, 0.15) is 28.3 Å². The number of hydrogen-bond acceptors (Lipinski definition) is 5. The number of aryl methyl sites for hydroxylation is 1. The Hall–Kier alpha value is -1.35. The Morgan fingerprint density at radius 1 is 1.24 bits per heavy atom. The summed E-state index contributed by atoms with van der Waals surface area (Å²) in [5.74, 6) is 0.648. The predicted molar refractivity (Wildman–Crippen MR) is 102 cm³/mol. The van der Waals surface area contributed by atoms with Crippen LogP contribution < -0.4 is 5.32 Å². The van der Waals surface area contributed by atoms with Crippen LogP contribution in [0.4, 0.5) is 0 Å². The van der Waals surface area contributed by atoms with E-state index in [0.29, 0.717) is 17.3 Å². The van der Waals surface area contributed by atoms with Crippen LogP contribution in [-0.2, 0) is 21.4 Å². The van der Waals surface area contributed by atoms with Crippen LogP contribution in [0.15, 0.2) is 40.6 Å². The van der Waals surface area contributed by atoms with E-state index in [9.17, 15) is 13.2 Å². The molecular weight excluding hydrogens is 376 g/mol. The zero-order valence-electron chi connectivity index (χ0n) is 14.1. The van der Waals surface area contributed by atoms with Crippen molar-refractivity contribution in [1.29, 1.82) is 0 Å². The summed E-state index contributed by atoms with van der Waals surface area (Å²) < 4.78 is 28.1. The van der Waals surface area contributed by atoms with Crippen LogP contribution >= 0.6 is 23.1 Å². The van der Waals surface area contributed by atoms with Crippen LogP contribution in [0.25, 0.3) is 0 Å². The van der Waals surface area contributed by atoms with Gasteiger partial charge in [0.25, 0.3) is 10.0 Å². The molecule has 1 aromatic carbocycles. The first-order valence-electron chi connectivity index (χ1n) is 7.91. The number of benzene rings is 1. The molecule has 1 N–H and O–H groups in total. The molecule has 1 aliphatic heterocycles. The maximum absolute atomic E-state index is 13.1. The minimum absolute atomic E-state index is 0.131. The third-order valence-electron chi connectivity index (χ3n) is 3.92. The van der Waals surface area contributed by atoms with E-state index in [2.05, 4.69) is 5.32 Å². The van der Waals surface area contributed by atoms with Crippen molar-refractivity contribution >= 4 is 39.0 Å². The molecule has 1 atom stereocenters. The Morgan fingerprint density at radius 3 is 2.64 bits per heavy atom. The van der Waals surface area contributed by atoms with Crippen molar-refractivity contribution in [1.82, 2.24) is 9.62 Å². The van der Waals surface area contributed by atoms with Crippen LogP contribution in [0.5, 0.6) is 0 Å². The predicted octanol–water partition coefficient (Wildman–Crippen LogP) is 3.13. The lowest BCUT2D eigenvalue weighted by molar-refractivity contribution is -0.119. The molecule has 2 heterocycles. The van der Waals surface area contributed by atoms with Gasteiger partial charge in [0.15, 0.2) is 0 Å². The fourth-order valence-corrected chi connectivity index (χ4v) is 7.28. The van der Waals surface area contributed by atoms with Crippen molar-refractivity contribution in [3.63, 3.8) is 0 Å². The molecular formula is C17H20N2O3S3. The van der Waals surface area contributed by atoms with Gasteiger partial charge in [-0.25, -0.2) is 8.42 Å². The van der Waals surface area contributed by atoms with E-state index in [4.69, 9.17) is 0 Å². The first-order valence-corrected chi connectivity index (χ1v) is 11.2. The molecule has 0 bridgehead atoms. The van der Waals surface area contributed by atoms with E-state index in [-0.39, 0.29) is 11.3 Å². The smallest absolute Gasteiger partial charge is 0.253 e. The van der Waals surface area contributed by atoms with Crippen LogP contribution in [-0.4, -0.2) is 30.9 Å². The van der Waals surface area contributed by atoms with Gasteiger partial charge in [-0.3, -0.25) is 4.79 Å². The zero-order chi connectivity index (χ0) is 18.0. The van der Waals surface area contributed by atoms with Gasteiger partial charge in [-0.15, -0.1) is 23.1 Å². The first-order chi connectivity index (χ1) is 11.9. The number of hydrogen-bond donors (Lipinski definition) is 1. The molecule has 0 aliphatic carbocycles. The van der Waals surface area contributed by atoms with Gasteiger partial charge < -0.3 is 5.32 Å². The molecule has 1 saturated heterocycles. The summed E-state index contributed by atoms with van der Waals surface area (Å²) in [6, 6.07) is 11.4. The molecule has 1 fully saturated rings. The lowest BCUT2D eigenvalue weighted by atomic mass is 10.1. The Bertz CT molecular complexity index is 860. The molecule has 5 nitrogen and oxygen atoms in total. The van der Waals surface area contributed by atoms with Gasteiger partial charge in [0.2, 0.25) is 5.91 Å². The van der Waals surface area contributed by atoms with E-state index < -0.39 is 10.0 Å². The highest BCUT2D eigenvalue weighted by Gasteiger charge is 2.37. The average molecular weight is 397 g/mol. The van der Waals surface area contributed by atoms with Crippen LogP contribution in [0.2, 0.25) is 0 Å². The molecule has 1 unspecified atom stereocenters. The highest BCUT2D eigenvalue weighted by molar-refractivity contribution is 8.01. The minimum atomic E-state index is -3.55. The Kier molecular flexibility index (Phi) is 5.52. The molecule has 1 aromatic heterocycles. The minimum Gasteiger partial charge on any atom is -0.351 e. The van der Waals surface area contributed by atoms with Gasteiger partial charge in [0.1, 0.15) is 4.21 Å². The van der Waals surface area contributed by atoms with E-state index >= 15 is 0 Å². The van der Waals surface area contributed by atoms with Gasteiger partial charge in [0.05, 0.1) is 11.9 Å². The Labute approximate surface area is 156 Å². The van der Waals surface area contributed by atoms with E-state index in [1.807, 2.05) is 31.2 Å². The molecule has 1 aliphatic rings. The van der Waals surface area contributed by atoms with Crippen molar-refractivity contribution in [3.05, 3.63) is 52.4 Å². The number of carbonyl (C=O) groups excluding carboxylic acids is 1. The number of rotatable bonds is 5. The molecule has 134 valence electrons. The number of thiophene rings is 1. The largest absolute Gasteiger partial charge is 0.351 e. The summed E-state index contributed by atoms with van der Waals surface area (Å²) in [6.07, 6.45) is 0. The summed E-state index contributed by atoms with van der Waals surface area (Å²) in [6.45, 7) is 4.32. The maximum atomic E-state index is 13.1. The monoisotopic (exact) mass is 396 g/mol. The fraction of sp³-hybridized carbons (Fsp3) is 0.353. The zero-order valence-corrected chi connectivity index (χ0v) is 16.5. The van der Waals surface area contributed by atoms with Crippen LogP contribution in [0, 0.1) is 6.92 Å². The van der Waals surface area contributed by atoms with Gasteiger partial charge >= 0.3 is 0 Å². The molecule has 8 heteroatoms. The molecule has 0 radical (unpaired) electrons. The Morgan fingerprint density at radius 2 is 1.96 bits per heavy atom. The van der Waals surface area contributed by atoms with Crippen molar-refractivity contribution in [2.75, 3.05) is 12.3 Å². The second-order valence-electron chi connectivity index (χ2n) is 5.88. The topological polar surface area (TPSA) is 66.5 Å². The number of amides is 1. The number of nitrogens with one attached hydrogen (secondary N) is 1. The summed E-state index contributed by atoms with van der Waals surface area (Å²) in [5, 5.41) is 2.51. The summed E-state index contributed by atoms with van der Waals surface area (Å²) in [4.78, 5) is 11.8. The van der Waals surface area contributed by atoms with Gasteiger partial charge in [-0.2, -0.15) is 4.31 Å². The number of sulfonamides is 1. The lowest BCUT2D eigenvalue weighted by Crippen LogP contribution is -2.30. The average Bonchev–Trinajstić information content (AvgIpc) is 3.23. The molecule has 1 amide bonds. The second kappa shape index (κ2) is 7.49. The van der Waals surface area contributed by atoms with Gasteiger partial charge in [0, 0.05) is 24.1 Å².